The number of nitrogens with one attached hydrogen (secondary N) is 1. The second kappa shape index (κ2) is 6.78. The quantitative estimate of drug-likeness (QED) is 0.877. The molecule has 2 rings (SSSR count). The molecule has 2 heterocycles. The van der Waals surface area contributed by atoms with E-state index >= 15 is 0 Å². The molecule has 0 spiro atoms. The molecule has 1 aliphatic rings. The van der Waals surface area contributed by atoms with Gasteiger partial charge in [0, 0.05) is 19.6 Å². The van der Waals surface area contributed by atoms with Crippen LogP contribution in [0.25, 0.3) is 0 Å². The summed E-state index contributed by atoms with van der Waals surface area (Å²) in [6.07, 6.45) is 2.25. The van der Waals surface area contributed by atoms with Gasteiger partial charge < -0.3 is 9.84 Å². The van der Waals surface area contributed by atoms with Crippen molar-refractivity contribution in [3.63, 3.8) is 0 Å². The number of piperidine rings is 1. The average molecular weight is 329 g/mol. The van der Waals surface area contributed by atoms with E-state index in [2.05, 4.69) is 10.5 Å². The van der Waals surface area contributed by atoms with Gasteiger partial charge in [0.05, 0.1) is 5.92 Å². The van der Waals surface area contributed by atoms with Gasteiger partial charge in [0.25, 0.3) is 0 Å². The molecular weight excluding hydrogens is 306 g/mol. The lowest BCUT2D eigenvalue weighted by Crippen LogP contribution is -2.45. The highest BCUT2D eigenvalue weighted by Gasteiger charge is 2.36. The molecule has 1 fully saturated rings. The zero-order valence-corrected chi connectivity index (χ0v) is 14.1. The molecule has 124 valence electrons. The summed E-state index contributed by atoms with van der Waals surface area (Å²) < 4.78 is 31.9. The summed E-state index contributed by atoms with van der Waals surface area (Å²) >= 11 is 0. The van der Waals surface area contributed by atoms with Crippen molar-refractivity contribution < 1.29 is 17.7 Å². The minimum Gasteiger partial charge on any atom is -0.360 e. The van der Waals surface area contributed by atoms with Gasteiger partial charge in [-0.05, 0) is 33.1 Å². The second-order valence-corrected chi connectivity index (χ2v) is 7.52. The normalized spacial score (nSPS) is 20.0. The Labute approximate surface area is 131 Å². The van der Waals surface area contributed by atoms with Gasteiger partial charge in [0.1, 0.15) is 10.6 Å². The maximum atomic E-state index is 12.8. The first-order valence-electron chi connectivity index (χ1n) is 7.58. The van der Waals surface area contributed by atoms with Crippen LogP contribution in [-0.4, -0.2) is 43.4 Å². The van der Waals surface area contributed by atoms with E-state index in [0.29, 0.717) is 31.6 Å². The SMILES string of the molecule is CCCNC(=O)[C@H]1CCCN(S(=O)(=O)c2c(C)noc2C)C1. The predicted molar refractivity (Wildman–Crippen MR) is 80.8 cm³/mol. The molecule has 0 radical (unpaired) electrons. The zero-order valence-electron chi connectivity index (χ0n) is 13.3. The number of hydrogen-bond donors (Lipinski definition) is 1. The molecule has 1 N–H and O–H groups in total. The molecule has 1 aromatic heterocycles. The van der Waals surface area contributed by atoms with Crippen molar-refractivity contribution in [2.75, 3.05) is 19.6 Å². The van der Waals surface area contributed by atoms with Crippen LogP contribution in [0.2, 0.25) is 0 Å². The first kappa shape index (κ1) is 17.0. The Kier molecular flexibility index (Phi) is 5.23. The summed E-state index contributed by atoms with van der Waals surface area (Å²) in [4.78, 5) is 12.2. The van der Waals surface area contributed by atoms with Crippen molar-refractivity contribution in [3.8, 4) is 0 Å². The van der Waals surface area contributed by atoms with Gasteiger partial charge in [-0.2, -0.15) is 4.31 Å². The molecule has 0 unspecified atom stereocenters. The van der Waals surface area contributed by atoms with E-state index in [1.807, 2.05) is 6.92 Å². The highest BCUT2D eigenvalue weighted by Crippen LogP contribution is 2.27. The van der Waals surface area contributed by atoms with Crippen LogP contribution in [-0.2, 0) is 14.8 Å². The van der Waals surface area contributed by atoms with Crippen LogP contribution in [0.4, 0.5) is 0 Å². The van der Waals surface area contributed by atoms with E-state index in [1.165, 1.54) is 4.31 Å². The van der Waals surface area contributed by atoms with Crippen molar-refractivity contribution in [2.24, 2.45) is 5.92 Å². The Hall–Kier alpha value is -1.41. The highest BCUT2D eigenvalue weighted by atomic mass is 32.2. The molecule has 1 aromatic rings. The third-order valence-corrected chi connectivity index (χ3v) is 5.98. The van der Waals surface area contributed by atoms with Crippen LogP contribution in [0.15, 0.2) is 9.42 Å². The van der Waals surface area contributed by atoms with E-state index in [9.17, 15) is 13.2 Å². The van der Waals surface area contributed by atoms with Crippen LogP contribution in [0.1, 0.15) is 37.6 Å². The molecule has 22 heavy (non-hydrogen) atoms. The Balaban J connectivity index is 2.17. The molecule has 0 aliphatic carbocycles. The number of amides is 1. The van der Waals surface area contributed by atoms with E-state index in [1.54, 1.807) is 13.8 Å². The van der Waals surface area contributed by atoms with Gasteiger partial charge in [-0.25, -0.2) is 8.42 Å². The van der Waals surface area contributed by atoms with Crippen LogP contribution in [0.5, 0.6) is 0 Å². The van der Waals surface area contributed by atoms with Crippen LogP contribution in [0, 0.1) is 19.8 Å². The topological polar surface area (TPSA) is 92.5 Å². The Morgan fingerprint density at radius 2 is 2.18 bits per heavy atom. The number of sulfonamides is 1. The van der Waals surface area contributed by atoms with Crippen molar-refractivity contribution in [3.05, 3.63) is 11.5 Å². The first-order chi connectivity index (χ1) is 10.4. The molecule has 1 amide bonds. The molecule has 1 atom stereocenters. The largest absolute Gasteiger partial charge is 0.360 e. The Morgan fingerprint density at radius 1 is 1.45 bits per heavy atom. The Morgan fingerprint density at radius 3 is 2.77 bits per heavy atom. The van der Waals surface area contributed by atoms with Gasteiger partial charge >= 0.3 is 0 Å². The second-order valence-electron chi connectivity index (χ2n) is 5.65. The van der Waals surface area contributed by atoms with E-state index in [0.717, 1.165) is 6.42 Å². The molecule has 7 nitrogen and oxygen atoms in total. The lowest BCUT2D eigenvalue weighted by molar-refractivity contribution is -0.126. The van der Waals surface area contributed by atoms with Crippen molar-refractivity contribution >= 4 is 15.9 Å². The summed E-state index contributed by atoms with van der Waals surface area (Å²) in [7, 11) is -3.67. The monoisotopic (exact) mass is 329 g/mol. The molecule has 0 aromatic carbocycles. The molecule has 1 aliphatic heterocycles. The first-order valence-corrected chi connectivity index (χ1v) is 9.02. The molecular formula is C14H23N3O4S. The number of hydrogen-bond acceptors (Lipinski definition) is 5. The van der Waals surface area contributed by atoms with Crippen molar-refractivity contribution in [2.45, 2.75) is 44.9 Å². The molecule has 0 saturated carbocycles. The third kappa shape index (κ3) is 3.33. The predicted octanol–water partition coefficient (Wildman–Crippen LogP) is 1.22. The molecule has 8 heteroatoms. The smallest absolute Gasteiger partial charge is 0.248 e. The van der Waals surface area contributed by atoms with E-state index in [-0.39, 0.29) is 29.0 Å². The van der Waals surface area contributed by atoms with Crippen LogP contribution >= 0.6 is 0 Å². The molecule has 1 saturated heterocycles. The number of carbonyl (C=O) groups is 1. The summed E-state index contributed by atoms with van der Waals surface area (Å²) in [5.74, 6) is -0.0777. The summed E-state index contributed by atoms with van der Waals surface area (Å²) in [5.41, 5.74) is 0.357. The summed E-state index contributed by atoms with van der Waals surface area (Å²) in [6.45, 7) is 6.42. The number of aromatic nitrogens is 1. The lowest BCUT2D eigenvalue weighted by atomic mass is 9.99. The molecule has 0 bridgehead atoms. The fraction of sp³-hybridized carbons (Fsp3) is 0.714. The highest BCUT2D eigenvalue weighted by molar-refractivity contribution is 7.89. The van der Waals surface area contributed by atoms with Gasteiger partial charge in [-0.3, -0.25) is 4.79 Å². The number of carbonyl (C=O) groups excluding carboxylic acids is 1. The lowest BCUT2D eigenvalue weighted by Gasteiger charge is -2.31. The minimum atomic E-state index is -3.67. The van der Waals surface area contributed by atoms with Gasteiger partial charge in [-0.1, -0.05) is 12.1 Å². The average Bonchev–Trinajstić information content (AvgIpc) is 2.84. The number of nitrogens with zero attached hydrogens (tertiary/aromatic N) is 2. The van der Waals surface area contributed by atoms with Crippen LogP contribution in [0.3, 0.4) is 0 Å². The van der Waals surface area contributed by atoms with Crippen LogP contribution < -0.4 is 5.32 Å². The van der Waals surface area contributed by atoms with E-state index < -0.39 is 10.0 Å². The number of rotatable bonds is 5. The summed E-state index contributed by atoms with van der Waals surface area (Å²) in [5, 5.41) is 6.55. The summed E-state index contributed by atoms with van der Waals surface area (Å²) in [6, 6.07) is 0. The fourth-order valence-electron chi connectivity index (χ4n) is 2.74. The number of aryl methyl sites for hydroxylation is 2. The maximum absolute atomic E-state index is 12.8. The minimum absolute atomic E-state index is 0.0690. The van der Waals surface area contributed by atoms with Gasteiger partial charge in [0.15, 0.2) is 5.76 Å². The zero-order chi connectivity index (χ0) is 16.3. The van der Waals surface area contributed by atoms with Crippen molar-refractivity contribution in [1.82, 2.24) is 14.8 Å². The maximum Gasteiger partial charge on any atom is 0.248 e. The standard InChI is InChI=1S/C14H23N3O4S/c1-4-7-15-14(18)12-6-5-8-17(9-12)22(19,20)13-10(2)16-21-11(13)3/h12H,4-9H2,1-3H3,(H,15,18)/t12-/m0/s1. The van der Waals surface area contributed by atoms with E-state index in [4.69, 9.17) is 4.52 Å². The van der Waals surface area contributed by atoms with Crippen molar-refractivity contribution in [1.29, 1.82) is 0 Å². The fourth-order valence-corrected chi connectivity index (χ4v) is 4.55. The Bertz CT molecular complexity index is 619. The van der Waals surface area contributed by atoms with Gasteiger partial charge in [-0.15, -0.1) is 0 Å². The van der Waals surface area contributed by atoms with Gasteiger partial charge in [0.2, 0.25) is 15.9 Å². The third-order valence-electron chi connectivity index (χ3n) is 3.87.